The summed E-state index contributed by atoms with van der Waals surface area (Å²) in [5, 5.41) is 9.52. The lowest BCUT2D eigenvalue weighted by atomic mass is 9.88. The van der Waals surface area contributed by atoms with Crippen LogP contribution >= 0.6 is 0 Å². The van der Waals surface area contributed by atoms with Gasteiger partial charge in [0.25, 0.3) is 0 Å². The number of benzene rings is 1. The van der Waals surface area contributed by atoms with E-state index in [0.29, 0.717) is 6.42 Å². The number of carboxylic acids is 1. The van der Waals surface area contributed by atoms with Crippen molar-refractivity contribution in [1.29, 1.82) is 0 Å². The van der Waals surface area contributed by atoms with Crippen LogP contribution in [0.2, 0.25) is 0 Å². The second-order valence-corrected chi connectivity index (χ2v) is 4.52. The minimum Gasteiger partial charge on any atom is -0.479 e. The van der Waals surface area contributed by atoms with E-state index in [2.05, 4.69) is 0 Å². The third kappa shape index (κ3) is 2.20. The van der Waals surface area contributed by atoms with Crippen molar-refractivity contribution >= 4 is 5.97 Å². The fourth-order valence-electron chi connectivity index (χ4n) is 2.16. The third-order valence-corrected chi connectivity index (χ3v) is 3.50. The maximum Gasteiger partial charge on any atom is 0.340 e. The van der Waals surface area contributed by atoms with Crippen molar-refractivity contribution in [1.82, 2.24) is 0 Å². The average molecular weight is 234 g/mol. The number of ether oxygens (including phenoxy) is 1. The Morgan fingerprint density at radius 1 is 1.41 bits per heavy atom. The third-order valence-electron chi connectivity index (χ3n) is 3.50. The fraction of sp³-hybridized carbons (Fsp3) is 0.500. The van der Waals surface area contributed by atoms with Gasteiger partial charge in [-0.25, -0.2) is 4.79 Å². The van der Waals surface area contributed by atoms with Gasteiger partial charge in [0.1, 0.15) is 0 Å². The molecule has 1 unspecified atom stereocenters. The molecular formula is C14H18O3. The summed E-state index contributed by atoms with van der Waals surface area (Å²) in [6.07, 6.45) is 3.64. The maximum absolute atomic E-state index is 11.6. The van der Waals surface area contributed by atoms with Gasteiger partial charge >= 0.3 is 5.97 Å². The molecule has 17 heavy (non-hydrogen) atoms. The first-order chi connectivity index (χ1) is 8.19. The van der Waals surface area contributed by atoms with Gasteiger partial charge < -0.3 is 9.84 Å². The number of hydrogen-bond donors (Lipinski definition) is 1. The number of carboxylic acid groups (broad SMARTS) is 1. The Morgan fingerprint density at radius 2 is 2.06 bits per heavy atom. The van der Waals surface area contributed by atoms with Crippen molar-refractivity contribution in [3.8, 4) is 0 Å². The van der Waals surface area contributed by atoms with Crippen molar-refractivity contribution in [2.75, 3.05) is 0 Å². The van der Waals surface area contributed by atoms with E-state index in [0.717, 1.165) is 24.8 Å². The molecule has 1 fully saturated rings. The molecule has 1 aromatic carbocycles. The van der Waals surface area contributed by atoms with Crippen molar-refractivity contribution in [2.24, 2.45) is 0 Å². The van der Waals surface area contributed by atoms with Gasteiger partial charge in [0, 0.05) is 0 Å². The predicted octanol–water partition coefficient (Wildman–Crippen LogP) is 2.95. The van der Waals surface area contributed by atoms with Gasteiger partial charge in [0.15, 0.2) is 5.60 Å². The number of hydrogen-bond acceptors (Lipinski definition) is 2. The molecule has 0 spiro atoms. The van der Waals surface area contributed by atoms with Crippen molar-refractivity contribution < 1.29 is 14.6 Å². The number of rotatable bonds is 5. The smallest absolute Gasteiger partial charge is 0.340 e. The van der Waals surface area contributed by atoms with Gasteiger partial charge in [-0.1, -0.05) is 37.3 Å². The van der Waals surface area contributed by atoms with Gasteiger partial charge in [-0.15, -0.1) is 0 Å². The summed E-state index contributed by atoms with van der Waals surface area (Å²) >= 11 is 0. The first-order valence-electron chi connectivity index (χ1n) is 6.16. The lowest BCUT2D eigenvalue weighted by Gasteiger charge is -2.37. The van der Waals surface area contributed by atoms with Gasteiger partial charge in [-0.05, 0) is 31.2 Å². The molecule has 1 aliphatic rings. The zero-order chi connectivity index (χ0) is 12.3. The molecule has 3 nitrogen and oxygen atoms in total. The van der Waals surface area contributed by atoms with Crippen molar-refractivity contribution in [3.05, 3.63) is 35.9 Å². The van der Waals surface area contributed by atoms with Gasteiger partial charge in [-0.2, -0.15) is 0 Å². The van der Waals surface area contributed by atoms with Gasteiger partial charge in [0.2, 0.25) is 0 Å². The summed E-state index contributed by atoms with van der Waals surface area (Å²) in [6.45, 7) is 1.86. The molecule has 0 radical (unpaired) electrons. The molecule has 1 saturated carbocycles. The highest BCUT2D eigenvalue weighted by Gasteiger charge is 2.43. The van der Waals surface area contributed by atoms with E-state index in [1.807, 2.05) is 37.3 Å². The monoisotopic (exact) mass is 234 g/mol. The molecule has 92 valence electrons. The van der Waals surface area contributed by atoms with E-state index in [1.165, 1.54) is 0 Å². The largest absolute Gasteiger partial charge is 0.479 e. The molecular weight excluding hydrogens is 216 g/mol. The van der Waals surface area contributed by atoms with Crippen LogP contribution in [0.5, 0.6) is 0 Å². The standard InChI is InChI=1S/C14H18O3/c1-2-14(13(15)16,17-12-9-6-10-12)11-7-4-3-5-8-11/h3-5,7-8,12H,2,6,9-10H2,1H3,(H,15,16). The van der Waals surface area contributed by atoms with Crippen LogP contribution in [0.15, 0.2) is 30.3 Å². The Kier molecular flexibility index (Phi) is 3.48. The summed E-state index contributed by atoms with van der Waals surface area (Å²) in [5.74, 6) is -0.891. The van der Waals surface area contributed by atoms with E-state index < -0.39 is 11.6 Å². The summed E-state index contributed by atoms with van der Waals surface area (Å²) in [5.41, 5.74) is -0.436. The van der Waals surface area contributed by atoms with Gasteiger partial charge in [-0.3, -0.25) is 0 Å². The molecule has 0 saturated heterocycles. The van der Waals surface area contributed by atoms with Crippen LogP contribution in [0.25, 0.3) is 0 Å². The summed E-state index contributed by atoms with van der Waals surface area (Å²) in [4.78, 5) is 11.6. The van der Waals surface area contributed by atoms with Crippen LogP contribution in [0.1, 0.15) is 38.2 Å². The van der Waals surface area contributed by atoms with Crippen LogP contribution < -0.4 is 0 Å². The van der Waals surface area contributed by atoms with Gasteiger partial charge in [0.05, 0.1) is 6.10 Å². The highest BCUT2D eigenvalue weighted by Crippen LogP contribution is 2.36. The summed E-state index contributed by atoms with van der Waals surface area (Å²) in [6, 6.07) is 9.25. The highest BCUT2D eigenvalue weighted by atomic mass is 16.5. The second kappa shape index (κ2) is 4.88. The summed E-state index contributed by atoms with van der Waals surface area (Å²) in [7, 11) is 0. The van der Waals surface area contributed by atoms with Crippen molar-refractivity contribution in [2.45, 2.75) is 44.3 Å². The summed E-state index contributed by atoms with van der Waals surface area (Å²) < 4.78 is 5.87. The predicted molar refractivity (Wildman–Crippen MR) is 64.8 cm³/mol. The Hall–Kier alpha value is -1.35. The van der Waals surface area contributed by atoms with Crippen LogP contribution in [-0.4, -0.2) is 17.2 Å². The molecule has 0 heterocycles. The van der Waals surface area contributed by atoms with E-state index in [1.54, 1.807) is 0 Å². The van der Waals surface area contributed by atoms with E-state index >= 15 is 0 Å². The van der Waals surface area contributed by atoms with Crippen LogP contribution in [0.4, 0.5) is 0 Å². The van der Waals surface area contributed by atoms with Crippen LogP contribution in [-0.2, 0) is 15.1 Å². The quantitative estimate of drug-likeness (QED) is 0.852. The van der Waals surface area contributed by atoms with Crippen molar-refractivity contribution in [3.63, 3.8) is 0 Å². The second-order valence-electron chi connectivity index (χ2n) is 4.52. The maximum atomic E-state index is 11.6. The van der Waals surface area contributed by atoms with E-state index in [-0.39, 0.29) is 6.10 Å². The Morgan fingerprint density at radius 3 is 2.47 bits per heavy atom. The molecule has 1 aliphatic carbocycles. The molecule has 1 atom stereocenters. The zero-order valence-electron chi connectivity index (χ0n) is 10.1. The van der Waals surface area contributed by atoms with Crippen LogP contribution in [0, 0.1) is 0 Å². The topological polar surface area (TPSA) is 46.5 Å². The minimum absolute atomic E-state index is 0.103. The SMILES string of the molecule is CCC(OC1CCC1)(C(=O)O)c1ccccc1. The average Bonchev–Trinajstić information content (AvgIpc) is 2.29. The first kappa shape index (κ1) is 12.1. The molecule has 1 N–H and O–H groups in total. The lowest BCUT2D eigenvalue weighted by molar-refractivity contribution is -0.184. The molecule has 0 bridgehead atoms. The molecule has 1 aromatic rings. The lowest BCUT2D eigenvalue weighted by Crippen LogP contribution is -2.43. The molecule has 0 amide bonds. The normalized spacial score (nSPS) is 19.4. The molecule has 0 aliphatic heterocycles. The zero-order valence-corrected chi connectivity index (χ0v) is 10.1. The highest BCUT2D eigenvalue weighted by molar-refractivity contribution is 5.79. The molecule has 2 rings (SSSR count). The molecule has 3 heteroatoms. The van der Waals surface area contributed by atoms with E-state index in [9.17, 15) is 9.90 Å². The number of carbonyl (C=O) groups is 1. The van der Waals surface area contributed by atoms with E-state index in [4.69, 9.17) is 4.74 Å². The Balaban J connectivity index is 2.31. The Bertz CT molecular complexity index is 384. The minimum atomic E-state index is -1.17. The Labute approximate surface area is 101 Å². The van der Waals surface area contributed by atoms with Crippen LogP contribution in [0.3, 0.4) is 0 Å². The fourth-order valence-corrected chi connectivity index (χ4v) is 2.16. The first-order valence-corrected chi connectivity index (χ1v) is 6.16. The number of aliphatic carboxylic acids is 1. The molecule has 0 aromatic heterocycles.